The molecule has 24 heavy (non-hydrogen) atoms. The molecular formula is C17H18N2O4S. The highest BCUT2D eigenvalue weighted by atomic mass is 32.2. The minimum Gasteiger partial charge on any atom is -0.377 e. The molecule has 1 aromatic carbocycles. The molecule has 0 bridgehead atoms. The summed E-state index contributed by atoms with van der Waals surface area (Å²) in [6, 6.07) is 9.50. The maximum absolute atomic E-state index is 12.4. The molecule has 1 aliphatic rings. The number of rotatable bonds is 5. The van der Waals surface area contributed by atoms with Crippen molar-refractivity contribution in [1.82, 2.24) is 4.98 Å². The minimum atomic E-state index is -3.39. The van der Waals surface area contributed by atoms with Gasteiger partial charge in [-0.2, -0.15) is 0 Å². The molecule has 1 saturated heterocycles. The molecule has 0 saturated carbocycles. The Labute approximate surface area is 140 Å². The van der Waals surface area contributed by atoms with Gasteiger partial charge in [-0.25, -0.2) is 8.42 Å². The lowest BCUT2D eigenvalue weighted by molar-refractivity contribution is 0.102. The van der Waals surface area contributed by atoms with Crippen LogP contribution in [0.1, 0.15) is 23.2 Å². The number of benzene rings is 1. The van der Waals surface area contributed by atoms with E-state index in [-0.39, 0.29) is 22.7 Å². The summed E-state index contributed by atoms with van der Waals surface area (Å²) in [4.78, 5) is 16.2. The summed E-state index contributed by atoms with van der Waals surface area (Å²) in [6.45, 7) is 0.625. The van der Waals surface area contributed by atoms with Crippen molar-refractivity contribution in [2.24, 2.45) is 0 Å². The van der Waals surface area contributed by atoms with Gasteiger partial charge in [-0.1, -0.05) is 0 Å². The Bertz CT molecular complexity index is 798. The Kier molecular flexibility index (Phi) is 4.92. The molecule has 0 unspecified atom stereocenters. The quantitative estimate of drug-likeness (QED) is 0.898. The summed E-state index contributed by atoms with van der Waals surface area (Å²) in [7, 11) is -3.39. The van der Waals surface area contributed by atoms with Gasteiger partial charge in [0.2, 0.25) is 0 Å². The van der Waals surface area contributed by atoms with Gasteiger partial charge in [-0.05, 0) is 49.2 Å². The second kappa shape index (κ2) is 7.11. The van der Waals surface area contributed by atoms with Gasteiger partial charge in [0.05, 0.1) is 22.3 Å². The van der Waals surface area contributed by atoms with E-state index in [4.69, 9.17) is 4.74 Å². The third-order valence-electron chi connectivity index (χ3n) is 3.82. The molecular weight excluding hydrogens is 328 g/mol. The molecule has 1 aliphatic heterocycles. The first kappa shape index (κ1) is 16.6. The first-order valence-corrected chi connectivity index (χ1v) is 9.36. The number of hydrogen-bond acceptors (Lipinski definition) is 5. The van der Waals surface area contributed by atoms with Crippen molar-refractivity contribution < 1.29 is 17.9 Å². The molecule has 0 radical (unpaired) electrons. The molecule has 1 amide bonds. The number of nitrogens with one attached hydrogen (secondary N) is 1. The van der Waals surface area contributed by atoms with Crippen LogP contribution in [-0.4, -0.2) is 37.8 Å². The smallest absolute Gasteiger partial charge is 0.257 e. The van der Waals surface area contributed by atoms with E-state index in [0.29, 0.717) is 17.9 Å². The van der Waals surface area contributed by atoms with Crippen molar-refractivity contribution in [1.29, 1.82) is 0 Å². The number of nitrogens with zero attached hydrogens (tertiary/aromatic N) is 1. The number of amides is 1. The maximum Gasteiger partial charge on any atom is 0.257 e. The predicted octanol–water partition coefficient (Wildman–Crippen LogP) is 2.29. The van der Waals surface area contributed by atoms with E-state index in [1.807, 2.05) is 0 Å². The second-order valence-electron chi connectivity index (χ2n) is 5.64. The number of sulfone groups is 1. The van der Waals surface area contributed by atoms with Crippen molar-refractivity contribution >= 4 is 21.4 Å². The fraction of sp³-hybridized carbons (Fsp3) is 0.294. The van der Waals surface area contributed by atoms with Gasteiger partial charge in [-0.3, -0.25) is 9.78 Å². The van der Waals surface area contributed by atoms with Crippen LogP contribution in [-0.2, 0) is 14.6 Å². The minimum absolute atomic E-state index is 0.00556. The van der Waals surface area contributed by atoms with E-state index in [1.54, 1.807) is 30.5 Å². The normalized spacial score (nSPS) is 17.6. The van der Waals surface area contributed by atoms with Crippen LogP contribution in [0, 0.1) is 0 Å². The topological polar surface area (TPSA) is 85.4 Å². The molecule has 126 valence electrons. The predicted molar refractivity (Wildman–Crippen MR) is 89.7 cm³/mol. The molecule has 2 aromatic rings. The Balaban J connectivity index is 1.67. The second-order valence-corrected chi connectivity index (χ2v) is 7.67. The molecule has 3 rings (SSSR count). The van der Waals surface area contributed by atoms with Crippen molar-refractivity contribution in [3.8, 4) is 0 Å². The van der Waals surface area contributed by atoms with Crippen molar-refractivity contribution in [3.63, 3.8) is 0 Å². The maximum atomic E-state index is 12.4. The number of carbonyl (C=O) groups excluding carboxylic acids is 1. The zero-order chi connectivity index (χ0) is 17.0. The zero-order valence-corrected chi connectivity index (χ0v) is 13.8. The average Bonchev–Trinajstić information content (AvgIpc) is 3.08. The summed E-state index contributed by atoms with van der Waals surface area (Å²) in [5, 5.41) is 2.71. The Morgan fingerprint density at radius 2 is 2.04 bits per heavy atom. The number of anilines is 1. The van der Waals surface area contributed by atoms with E-state index in [9.17, 15) is 13.2 Å². The molecule has 0 aliphatic carbocycles. The summed E-state index contributed by atoms with van der Waals surface area (Å²) >= 11 is 0. The van der Waals surface area contributed by atoms with Gasteiger partial charge < -0.3 is 10.1 Å². The summed E-state index contributed by atoms with van der Waals surface area (Å²) in [6.07, 6.45) is 4.51. The monoisotopic (exact) mass is 346 g/mol. The highest BCUT2D eigenvalue weighted by molar-refractivity contribution is 7.91. The molecule has 7 heteroatoms. The molecule has 1 aromatic heterocycles. The van der Waals surface area contributed by atoms with Crippen molar-refractivity contribution in [3.05, 3.63) is 54.4 Å². The molecule has 2 heterocycles. The van der Waals surface area contributed by atoms with E-state index in [0.717, 1.165) is 12.8 Å². The van der Waals surface area contributed by atoms with E-state index >= 15 is 0 Å². The highest BCUT2D eigenvalue weighted by Gasteiger charge is 2.24. The summed E-state index contributed by atoms with van der Waals surface area (Å²) in [5.41, 5.74) is 0.965. The zero-order valence-electron chi connectivity index (χ0n) is 13.0. The Hall–Kier alpha value is -2.25. The average molecular weight is 346 g/mol. The van der Waals surface area contributed by atoms with Crippen LogP contribution in [0.5, 0.6) is 0 Å². The third-order valence-corrected chi connectivity index (χ3v) is 5.63. The van der Waals surface area contributed by atoms with Crippen LogP contribution in [0.15, 0.2) is 53.7 Å². The first-order valence-electron chi connectivity index (χ1n) is 7.70. The molecule has 0 spiro atoms. The van der Waals surface area contributed by atoms with E-state index in [2.05, 4.69) is 10.3 Å². The number of ether oxygens (including phenoxy) is 1. The largest absolute Gasteiger partial charge is 0.377 e. The Morgan fingerprint density at radius 1 is 1.25 bits per heavy atom. The van der Waals surface area contributed by atoms with Crippen molar-refractivity contribution in [2.75, 3.05) is 17.7 Å². The van der Waals surface area contributed by atoms with Gasteiger partial charge in [0.25, 0.3) is 5.91 Å². The third kappa shape index (κ3) is 3.98. The van der Waals surface area contributed by atoms with Crippen LogP contribution in [0.2, 0.25) is 0 Å². The van der Waals surface area contributed by atoms with Crippen LogP contribution < -0.4 is 5.32 Å². The number of carbonyl (C=O) groups is 1. The highest BCUT2D eigenvalue weighted by Crippen LogP contribution is 2.20. The number of pyridine rings is 1. The first-order chi connectivity index (χ1) is 11.5. The van der Waals surface area contributed by atoms with E-state index < -0.39 is 9.84 Å². The fourth-order valence-corrected chi connectivity index (χ4v) is 4.06. The van der Waals surface area contributed by atoms with Crippen molar-refractivity contribution in [2.45, 2.75) is 23.8 Å². The van der Waals surface area contributed by atoms with Crippen LogP contribution >= 0.6 is 0 Å². The molecule has 6 nitrogen and oxygen atoms in total. The summed E-state index contributed by atoms with van der Waals surface area (Å²) < 4.78 is 30.1. The lowest BCUT2D eigenvalue weighted by atomic mass is 10.2. The lowest BCUT2D eigenvalue weighted by Gasteiger charge is -2.11. The standard InChI is InChI=1S/C17H18N2O4S/c20-17(13-3-1-9-18-11-13)19-14-5-7-16(8-6-14)24(21,22)12-15-4-2-10-23-15/h1,3,5-9,11,15H,2,4,10,12H2,(H,19,20)/t15-/m1/s1. The van der Waals surface area contributed by atoms with Crippen LogP contribution in [0.4, 0.5) is 5.69 Å². The summed E-state index contributed by atoms with van der Waals surface area (Å²) in [5.74, 6) is -0.299. The van der Waals surface area contributed by atoms with Gasteiger partial charge in [0.15, 0.2) is 9.84 Å². The number of hydrogen-bond donors (Lipinski definition) is 1. The van der Waals surface area contributed by atoms with Crippen LogP contribution in [0.3, 0.4) is 0 Å². The van der Waals surface area contributed by atoms with Crippen LogP contribution in [0.25, 0.3) is 0 Å². The fourth-order valence-electron chi connectivity index (χ4n) is 2.56. The van der Waals surface area contributed by atoms with Gasteiger partial charge >= 0.3 is 0 Å². The van der Waals surface area contributed by atoms with Gasteiger partial charge in [0.1, 0.15) is 0 Å². The number of aromatic nitrogens is 1. The van der Waals surface area contributed by atoms with Gasteiger partial charge in [-0.15, -0.1) is 0 Å². The lowest BCUT2D eigenvalue weighted by Crippen LogP contribution is -2.20. The SMILES string of the molecule is O=C(Nc1ccc(S(=O)(=O)C[C@H]2CCCO2)cc1)c1cccnc1. The molecule has 1 N–H and O–H groups in total. The Morgan fingerprint density at radius 3 is 2.67 bits per heavy atom. The van der Waals surface area contributed by atoms with E-state index in [1.165, 1.54) is 18.3 Å². The molecule has 1 atom stereocenters. The molecule has 1 fully saturated rings. The van der Waals surface area contributed by atoms with Gasteiger partial charge in [0, 0.05) is 24.7 Å².